The van der Waals surface area contributed by atoms with Crippen molar-refractivity contribution in [3.8, 4) is 23.0 Å². The maximum atomic E-state index is 12.2. The molecule has 7 heteroatoms. The molecule has 1 N–H and O–H groups in total. The summed E-state index contributed by atoms with van der Waals surface area (Å²) in [6.45, 7) is 3.84. The van der Waals surface area contributed by atoms with Gasteiger partial charge in [0.15, 0.2) is 11.5 Å². The van der Waals surface area contributed by atoms with E-state index in [9.17, 15) is 4.79 Å². The minimum Gasteiger partial charge on any atom is -0.493 e. The summed E-state index contributed by atoms with van der Waals surface area (Å²) in [4.78, 5) is 14.2. The minimum absolute atomic E-state index is 0.0726. The summed E-state index contributed by atoms with van der Waals surface area (Å²) in [7, 11) is 6.57. The van der Waals surface area contributed by atoms with Crippen LogP contribution >= 0.6 is 0 Å². The van der Waals surface area contributed by atoms with Gasteiger partial charge in [-0.1, -0.05) is 17.7 Å². The predicted molar refractivity (Wildman–Crippen MR) is 112 cm³/mol. The summed E-state index contributed by atoms with van der Waals surface area (Å²) < 4.78 is 21.7. The summed E-state index contributed by atoms with van der Waals surface area (Å²) in [6.07, 6.45) is 0. The fourth-order valence-electron chi connectivity index (χ4n) is 2.77. The molecule has 7 nitrogen and oxygen atoms in total. The fraction of sp³-hybridized carbons (Fsp3) is 0.409. The monoisotopic (exact) mass is 402 g/mol. The van der Waals surface area contributed by atoms with Crippen molar-refractivity contribution >= 4 is 5.91 Å². The number of ether oxygens (including phenoxy) is 4. The second-order valence-electron chi connectivity index (χ2n) is 6.71. The molecule has 0 bridgehead atoms. The van der Waals surface area contributed by atoms with E-state index in [0.29, 0.717) is 36.9 Å². The van der Waals surface area contributed by atoms with Crippen LogP contribution in [0.4, 0.5) is 0 Å². The summed E-state index contributed by atoms with van der Waals surface area (Å²) in [5, 5.41) is 2.91. The number of rotatable bonds is 11. The van der Waals surface area contributed by atoms with Crippen LogP contribution in [0.15, 0.2) is 36.4 Å². The number of likely N-dealkylation sites (N-methyl/N-ethyl adjacent to an activating group) is 1. The Balaban J connectivity index is 1.79. The van der Waals surface area contributed by atoms with E-state index in [2.05, 4.69) is 5.32 Å². The van der Waals surface area contributed by atoms with Crippen molar-refractivity contribution in [2.45, 2.75) is 13.5 Å². The van der Waals surface area contributed by atoms with Gasteiger partial charge >= 0.3 is 0 Å². The van der Waals surface area contributed by atoms with Gasteiger partial charge in [0.2, 0.25) is 11.7 Å². The first-order chi connectivity index (χ1) is 14.0. The molecule has 0 heterocycles. The van der Waals surface area contributed by atoms with Crippen molar-refractivity contribution < 1.29 is 23.7 Å². The number of methoxy groups -OCH3 is 3. The third-order valence-corrected chi connectivity index (χ3v) is 4.39. The highest BCUT2D eigenvalue weighted by Crippen LogP contribution is 2.38. The van der Waals surface area contributed by atoms with Crippen LogP contribution in [0.5, 0.6) is 23.0 Å². The number of carbonyl (C=O) groups is 1. The molecule has 0 saturated carbocycles. The van der Waals surface area contributed by atoms with E-state index in [-0.39, 0.29) is 12.5 Å². The molecule has 0 aliphatic heterocycles. The Morgan fingerprint density at radius 1 is 1.00 bits per heavy atom. The quantitative estimate of drug-likeness (QED) is 0.623. The molecular formula is C22H30N2O5. The number of carbonyl (C=O) groups excluding carboxylic acids is 1. The number of benzene rings is 2. The Morgan fingerprint density at radius 3 is 2.17 bits per heavy atom. The van der Waals surface area contributed by atoms with Crippen molar-refractivity contribution in [3.63, 3.8) is 0 Å². The predicted octanol–water partition coefficient (Wildman–Crippen LogP) is 2.65. The molecule has 0 aliphatic rings. The Hall–Kier alpha value is -2.93. The zero-order chi connectivity index (χ0) is 21.2. The number of nitrogens with zero attached hydrogens (tertiary/aromatic N) is 1. The topological polar surface area (TPSA) is 69.3 Å². The highest BCUT2D eigenvalue weighted by atomic mass is 16.5. The molecule has 0 saturated heterocycles. The van der Waals surface area contributed by atoms with Crippen LogP contribution in [0.2, 0.25) is 0 Å². The van der Waals surface area contributed by atoms with Crippen LogP contribution in [0.3, 0.4) is 0 Å². The van der Waals surface area contributed by atoms with Crippen molar-refractivity contribution in [1.82, 2.24) is 10.2 Å². The average molecular weight is 402 g/mol. The summed E-state index contributed by atoms with van der Waals surface area (Å²) in [5.41, 5.74) is 2.05. The number of amides is 1. The van der Waals surface area contributed by atoms with Gasteiger partial charge in [-0.3, -0.25) is 9.69 Å². The molecule has 0 radical (unpaired) electrons. The van der Waals surface area contributed by atoms with E-state index in [0.717, 1.165) is 11.3 Å². The summed E-state index contributed by atoms with van der Waals surface area (Å²) in [6, 6.07) is 11.5. The molecule has 0 aliphatic carbocycles. The third-order valence-electron chi connectivity index (χ3n) is 4.39. The lowest BCUT2D eigenvalue weighted by Crippen LogP contribution is -2.36. The van der Waals surface area contributed by atoms with Crippen LogP contribution in [0.25, 0.3) is 0 Å². The minimum atomic E-state index is -0.0726. The van der Waals surface area contributed by atoms with Crippen LogP contribution in [-0.4, -0.2) is 58.9 Å². The molecule has 2 aromatic carbocycles. The molecule has 0 atom stereocenters. The molecule has 29 heavy (non-hydrogen) atoms. The van der Waals surface area contributed by atoms with Crippen LogP contribution < -0.4 is 24.3 Å². The highest BCUT2D eigenvalue weighted by Gasteiger charge is 2.14. The van der Waals surface area contributed by atoms with E-state index in [4.69, 9.17) is 18.9 Å². The van der Waals surface area contributed by atoms with E-state index in [1.54, 1.807) is 21.3 Å². The Kier molecular flexibility index (Phi) is 8.61. The van der Waals surface area contributed by atoms with Crippen LogP contribution in [0, 0.1) is 6.92 Å². The van der Waals surface area contributed by atoms with Gasteiger partial charge in [0.1, 0.15) is 12.4 Å². The Morgan fingerprint density at radius 2 is 1.62 bits per heavy atom. The Bertz CT molecular complexity index is 767. The molecule has 0 spiro atoms. The van der Waals surface area contributed by atoms with Crippen LogP contribution in [-0.2, 0) is 11.3 Å². The number of nitrogens with one attached hydrogen (secondary N) is 1. The lowest BCUT2D eigenvalue weighted by molar-refractivity contribution is -0.122. The molecule has 0 fully saturated rings. The van der Waals surface area contributed by atoms with Crippen molar-refractivity contribution in [1.29, 1.82) is 0 Å². The fourth-order valence-corrected chi connectivity index (χ4v) is 2.77. The van der Waals surface area contributed by atoms with Crippen LogP contribution in [0.1, 0.15) is 11.1 Å². The zero-order valence-electron chi connectivity index (χ0n) is 17.8. The van der Waals surface area contributed by atoms with Gasteiger partial charge in [-0.15, -0.1) is 0 Å². The van der Waals surface area contributed by atoms with Gasteiger partial charge in [0.25, 0.3) is 0 Å². The normalized spacial score (nSPS) is 10.6. The summed E-state index contributed by atoms with van der Waals surface area (Å²) in [5.74, 6) is 2.40. The van der Waals surface area contributed by atoms with Gasteiger partial charge in [0.05, 0.1) is 27.9 Å². The average Bonchev–Trinajstić information content (AvgIpc) is 2.72. The second kappa shape index (κ2) is 11.2. The molecule has 0 aromatic heterocycles. The maximum Gasteiger partial charge on any atom is 0.234 e. The van der Waals surface area contributed by atoms with E-state index in [1.165, 1.54) is 5.56 Å². The van der Waals surface area contributed by atoms with Gasteiger partial charge < -0.3 is 24.3 Å². The highest BCUT2D eigenvalue weighted by molar-refractivity contribution is 5.78. The molecular weight excluding hydrogens is 372 g/mol. The van der Waals surface area contributed by atoms with Gasteiger partial charge in [-0.05, 0) is 43.8 Å². The van der Waals surface area contributed by atoms with E-state index in [1.807, 2.05) is 55.3 Å². The van der Waals surface area contributed by atoms with Crippen molar-refractivity contribution in [2.24, 2.45) is 0 Å². The lowest BCUT2D eigenvalue weighted by atomic mass is 10.1. The van der Waals surface area contributed by atoms with Gasteiger partial charge in [-0.2, -0.15) is 0 Å². The molecule has 0 unspecified atom stereocenters. The van der Waals surface area contributed by atoms with Gasteiger partial charge in [-0.25, -0.2) is 0 Å². The molecule has 158 valence electrons. The molecule has 2 rings (SSSR count). The standard InChI is InChI=1S/C22H30N2O5/c1-16-6-8-18(9-7-16)29-11-10-24(2)15-21(25)23-14-17-12-19(26-3)22(28-5)20(13-17)27-4/h6-9,12-13H,10-11,14-15H2,1-5H3,(H,23,25). The molecule has 1 amide bonds. The van der Waals surface area contributed by atoms with E-state index < -0.39 is 0 Å². The third kappa shape index (κ3) is 6.87. The molecule has 2 aromatic rings. The first-order valence-corrected chi connectivity index (χ1v) is 9.40. The smallest absolute Gasteiger partial charge is 0.234 e. The van der Waals surface area contributed by atoms with Gasteiger partial charge in [0, 0.05) is 13.1 Å². The number of hydrogen-bond acceptors (Lipinski definition) is 6. The first-order valence-electron chi connectivity index (χ1n) is 9.40. The largest absolute Gasteiger partial charge is 0.493 e. The zero-order valence-corrected chi connectivity index (χ0v) is 17.8. The SMILES string of the molecule is COc1cc(CNC(=O)CN(C)CCOc2ccc(C)cc2)cc(OC)c1OC. The Labute approximate surface area is 172 Å². The number of hydrogen-bond donors (Lipinski definition) is 1. The lowest BCUT2D eigenvalue weighted by Gasteiger charge is -2.17. The maximum absolute atomic E-state index is 12.2. The summed E-state index contributed by atoms with van der Waals surface area (Å²) >= 11 is 0. The van der Waals surface area contributed by atoms with E-state index >= 15 is 0 Å². The number of aryl methyl sites for hydroxylation is 1. The second-order valence-corrected chi connectivity index (χ2v) is 6.71. The first kappa shape index (κ1) is 22.4. The van der Waals surface area contributed by atoms with Crippen molar-refractivity contribution in [2.75, 3.05) is 48.1 Å². The van der Waals surface area contributed by atoms with Crippen molar-refractivity contribution in [3.05, 3.63) is 47.5 Å².